The third-order valence-electron chi connectivity index (χ3n) is 8.89. The maximum absolute atomic E-state index is 13.3. The van der Waals surface area contributed by atoms with Crippen molar-refractivity contribution in [1.82, 2.24) is 41.9 Å². The fraction of sp³-hybridized carbons (Fsp3) is 0.757. The lowest BCUT2D eigenvalue weighted by Crippen LogP contribution is -2.59. The number of amides is 6. The molecular formula is C37H66N8O6. The molecule has 1 heterocycles. The van der Waals surface area contributed by atoms with Crippen molar-refractivity contribution in [3.63, 3.8) is 0 Å². The largest absolute Gasteiger partial charge is 0.357 e. The van der Waals surface area contributed by atoms with Crippen LogP contribution in [0.4, 0.5) is 0 Å². The monoisotopic (exact) mass is 719 g/mol. The van der Waals surface area contributed by atoms with E-state index >= 15 is 0 Å². The van der Waals surface area contributed by atoms with Crippen molar-refractivity contribution >= 4 is 35.4 Å². The van der Waals surface area contributed by atoms with E-state index in [2.05, 4.69) is 48.8 Å². The second-order valence-corrected chi connectivity index (χ2v) is 13.9. The Labute approximate surface area is 305 Å². The predicted molar refractivity (Wildman–Crippen MR) is 198 cm³/mol. The first-order valence-electron chi connectivity index (χ1n) is 19.0. The van der Waals surface area contributed by atoms with E-state index in [9.17, 15) is 28.8 Å². The predicted octanol–water partition coefficient (Wildman–Crippen LogP) is 3.32. The summed E-state index contributed by atoms with van der Waals surface area (Å²) in [6, 6.07) is -4.78. The Kier molecular flexibility index (Phi) is 22.9. The molecule has 14 heteroatoms. The number of rotatable bonds is 27. The van der Waals surface area contributed by atoms with Crippen LogP contribution in [-0.2, 0) is 35.2 Å². The van der Waals surface area contributed by atoms with Gasteiger partial charge >= 0.3 is 0 Å². The van der Waals surface area contributed by atoms with Gasteiger partial charge in [0.15, 0.2) is 0 Å². The number of aromatic amines is 1. The molecule has 290 valence electrons. The normalized spacial score (nSPS) is 14.0. The molecule has 0 saturated heterocycles. The van der Waals surface area contributed by atoms with Crippen molar-refractivity contribution in [3.05, 3.63) is 18.2 Å². The summed E-state index contributed by atoms with van der Waals surface area (Å²) >= 11 is 0. The van der Waals surface area contributed by atoms with Gasteiger partial charge in [0.1, 0.15) is 30.2 Å². The molecule has 7 N–H and O–H groups in total. The quantitative estimate of drug-likeness (QED) is 0.0676. The standard InChI is InChI=1S/C37H66N8O6/c1-8-9-10-11-12-13-14-15-16-17-18-19-20-21-31(46)44-30(22-29-23-39-24-40-29)36(50)42-28(6)35(49)45-32(25(2)3)37(51)43-27(5)34(48)41-26(4)33(47)38-7/h23-28,30,32H,8-22H2,1-7H3,(H,38,47)(H,39,40)(H,41,48)(H,42,50)(H,43,51)(H,44,46)(H,45,49)/t26-,27-,28-,30-,32-/m0/s1. The van der Waals surface area contributed by atoms with Crippen LogP contribution in [0.3, 0.4) is 0 Å². The van der Waals surface area contributed by atoms with E-state index in [1.165, 1.54) is 91.9 Å². The fourth-order valence-corrected chi connectivity index (χ4v) is 5.58. The zero-order valence-corrected chi connectivity index (χ0v) is 32.1. The molecule has 0 saturated carbocycles. The average Bonchev–Trinajstić information content (AvgIpc) is 3.61. The highest BCUT2D eigenvalue weighted by Crippen LogP contribution is 2.13. The molecule has 6 amide bonds. The van der Waals surface area contributed by atoms with E-state index in [0.29, 0.717) is 12.1 Å². The van der Waals surface area contributed by atoms with Crippen LogP contribution in [0, 0.1) is 5.92 Å². The molecule has 51 heavy (non-hydrogen) atoms. The van der Waals surface area contributed by atoms with Crippen molar-refractivity contribution < 1.29 is 28.8 Å². The molecule has 1 rings (SSSR count). The number of aromatic nitrogens is 2. The Morgan fingerprint density at radius 1 is 0.608 bits per heavy atom. The van der Waals surface area contributed by atoms with Crippen molar-refractivity contribution in [3.8, 4) is 0 Å². The molecule has 0 bridgehead atoms. The van der Waals surface area contributed by atoms with E-state index in [1.807, 2.05) is 0 Å². The summed E-state index contributed by atoms with van der Waals surface area (Å²) in [6.45, 7) is 10.2. The van der Waals surface area contributed by atoms with Crippen molar-refractivity contribution in [2.45, 2.75) is 168 Å². The van der Waals surface area contributed by atoms with E-state index in [4.69, 9.17) is 0 Å². The number of nitrogens with one attached hydrogen (secondary N) is 7. The lowest BCUT2D eigenvalue weighted by atomic mass is 10.0. The molecule has 0 spiro atoms. The number of likely N-dealkylation sites (N-methyl/N-ethyl adjacent to an activating group) is 1. The van der Waals surface area contributed by atoms with E-state index < -0.39 is 53.8 Å². The average molecular weight is 719 g/mol. The van der Waals surface area contributed by atoms with Crippen LogP contribution in [-0.4, -0.2) is 82.7 Å². The van der Waals surface area contributed by atoms with Gasteiger partial charge in [-0.3, -0.25) is 28.8 Å². The van der Waals surface area contributed by atoms with Crippen LogP contribution < -0.4 is 31.9 Å². The summed E-state index contributed by atoms with van der Waals surface area (Å²) in [4.78, 5) is 83.6. The molecule has 0 aliphatic rings. The second kappa shape index (κ2) is 25.9. The first-order chi connectivity index (χ1) is 24.3. The lowest BCUT2D eigenvalue weighted by Gasteiger charge is -2.26. The number of hydrogen-bond acceptors (Lipinski definition) is 7. The van der Waals surface area contributed by atoms with E-state index in [-0.39, 0.29) is 24.2 Å². The molecule has 0 aliphatic heterocycles. The van der Waals surface area contributed by atoms with Crippen molar-refractivity contribution in [2.75, 3.05) is 7.05 Å². The molecule has 0 aromatic carbocycles. The van der Waals surface area contributed by atoms with Gasteiger partial charge in [0.25, 0.3) is 0 Å². The Morgan fingerprint density at radius 2 is 1.08 bits per heavy atom. The van der Waals surface area contributed by atoms with Gasteiger partial charge in [-0.1, -0.05) is 97.8 Å². The third-order valence-corrected chi connectivity index (χ3v) is 8.89. The Bertz CT molecular complexity index is 1190. The molecule has 1 aromatic heterocycles. The number of H-pyrrole nitrogens is 1. The minimum atomic E-state index is -1.04. The summed E-state index contributed by atoms with van der Waals surface area (Å²) in [5.74, 6) is -3.29. The van der Waals surface area contributed by atoms with Gasteiger partial charge in [-0.05, 0) is 33.1 Å². The highest BCUT2D eigenvalue weighted by molar-refractivity contribution is 5.96. The van der Waals surface area contributed by atoms with Crippen LogP contribution in [0.15, 0.2) is 12.5 Å². The molecule has 5 atom stereocenters. The highest BCUT2D eigenvalue weighted by Gasteiger charge is 2.31. The van der Waals surface area contributed by atoms with Gasteiger partial charge in [-0.15, -0.1) is 0 Å². The van der Waals surface area contributed by atoms with Crippen LogP contribution in [0.2, 0.25) is 0 Å². The minimum Gasteiger partial charge on any atom is -0.357 e. The summed E-state index contributed by atoms with van der Waals surface area (Å²) in [7, 11) is 1.45. The molecule has 0 fully saturated rings. The van der Waals surface area contributed by atoms with Gasteiger partial charge in [-0.25, -0.2) is 4.98 Å². The molecule has 0 unspecified atom stereocenters. The Morgan fingerprint density at radius 3 is 1.57 bits per heavy atom. The van der Waals surface area contributed by atoms with Crippen LogP contribution >= 0.6 is 0 Å². The number of carbonyl (C=O) groups is 6. The third kappa shape index (κ3) is 19.3. The summed E-state index contributed by atoms with van der Waals surface area (Å²) in [6.07, 6.45) is 19.2. The number of imidazole rings is 1. The SMILES string of the molecule is CCCCCCCCCCCCCCCC(=O)N[C@@H](Cc1cnc[nH]1)C(=O)N[C@@H](C)C(=O)N[C@H](C(=O)N[C@@H](C)C(=O)N[C@@H](C)C(=O)NC)C(C)C. The molecule has 1 aromatic rings. The number of unbranched alkanes of at least 4 members (excludes halogenated alkanes) is 12. The second-order valence-electron chi connectivity index (χ2n) is 13.9. The van der Waals surface area contributed by atoms with Crippen molar-refractivity contribution in [2.24, 2.45) is 5.92 Å². The molecule has 14 nitrogen and oxygen atoms in total. The number of nitrogens with zero attached hydrogens (tertiary/aromatic N) is 1. The smallest absolute Gasteiger partial charge is 0.243 e. The summed E-state index contributed by atoms with van der Waals surface area (Å²) in [5, 5.41) is 15.7. The zero-order chi connectivity index (χ0) is 38.2. The van der Waals surface area contributed by atoms with Crippen LogP contribution in [0.25, 0.3) is 0 Å². The number of carbonyl (C=O) groups excluding carboxylic acids is 6. The van der Waals surface area contributed by atoms with Gasteiger partial charge in [-0.2, -0.15) is 0 Å². The number of hydrogen-bond donors (Lipinski definition) is 7. The van der Waals surface area contributed by atoms with E-state index in [0.717, 1.165) is 25.7 Å². The lowest BCUT2D eigenvalue weighted by molar-refractivity contribution is -0.135. The van der Waals surface area contributed by atoms with Gasteiger partial charge in [0.05, 0.1) is 6.33 Å². The van der Waals surface area contributed by atoms with Crippen LogP contribution in [0.1, 0.15) is 137 Å². The van der Waals surface area contributed by atoms with Gasteiger partial charge in [0.2, 0.25) is 35.4 Å². The maximum Gasteiger partial charge on any atom is 0.243 e. The maximum atomic E-state index is 13.3. The minimum absolute atomic E-state index is 0.153. The Balaban J connectivity index is 2.60. The van der Waals surface area contributed by atoms with Crippen LogP contribution in [0.5, 0.6) is 0 Å². The molecule has 0 radical (unpaired) electrons. The molecular weight excluding hydrogens is 652 g/mol. The van der Waals surface area contributed by atoms with Gasteiger partial charge in [0, 0.05) is 31.8 Å². The first kappa shape index (κ1) is 45.1. The van der Waals surface area contributed by atoms with Crippen molar-refractivity contribution in [1.29, 1.82) is 0 Å². The van der Waals surface area contributed by atoms with Gasteiger partial charge < -0.3 is 36.9 Å². The van der Waals surface area contributed by atoms with E-state index in [1.54, 1.807) is 20.0 Å². The first-order valence-corrected chi connectivity index (χ1v) is 19.0. The molecule has 0 aliphatic carbocycles. The zero-order valence-electron chi connectivity index (χ0n) is 32.1. The summed E-state index contributed by atoms with van der Waals surface area (Å²) in [5.41, 5.74) is 0.646. The highest BCUT2D eigenvalue weighted by atomic mass is 16.2. The topological polar surface area (TPSA) is 203 Å². The summed E-state index contributed by atoms with van der Waals surface area (Å²) < 4.78 is 0. The fourth-order valence-electron chi connectivity index (χ4n) is 5.58. The Hall–Kier alpha value is -3.97.